The minimum atomic E-state index is 0.307. The molecule has 1 rings (SSSR count). The molecule has 1 fully saturated rings. The van der Waals surface area contributed by atoms with E-state index < -0.39 is 0 Å². The van der Waals surface area contributed by atoms with Gasteiger partial charge in [0.25, 0.3) is 0 Å². The zero-order chi connectivity index (χ0) is 13.4. The molecule has 0 aliphatic carbocycles. The van der Waals surface area contributed by atoms with Crippen LogP contribution in [0, 0.1) is 0 Å². The third kappa shape index (κ3) is 4.71. The third-order valence-corrected chi connectivity index (χ3v) is 4.30. The molecule has 0 saturated carbocycles. The van der Waals surface area contributed by atoms with Crippen molar-refractivity contribution < 1.29 is 0 Å². The van der Waals surface area contributed by atoms with Crippen molar-refractivity contribution in [2.45, 2.75) is 38.6 Å². The Bertz CT molecular complexity index is 228. The van der Waals surface area contributed by atoms with Crippen LogP contribution in [0.3, 0.4) is 0 Å². The van der Waals surface area contributed by atoms with Crippen molar-refractivity contribution in [3.05, 3.63) is 12.7 Å². The summed E-state index contributed by atoms with van der Waals surface area (Å²) in [5.74, 6) is 0. The van der Waals surface area contributed by atoms with Gasteiger partial charge in [0, 0.05) is 18.6 Å². The van der Waals surface area contributed by atoms with Gasteiger partial charge in [-0.3, -0.25) is 0 Å². The maximum atomic E-state index is 3.93. The van der Waals surface area contributed by atoms with Crippen LogP contribution in [0.4, 0.5) is 0 Å². The van der Waals surface area contributed by atoms with E-state index in [4.69, 9.17) is 0 Å². The molecule has 0 aromatic heterocycles. The number of hydrogen-bond acceptors (Lipinski definition) is 3. The molecule has 1 aliphatic rings. The summed E-state index contributed by atoms with van der Waals surface area (Å²) in [4.78, 5) is 4.90. The zero-order valence-corrected chi connectivity index (χ0v) is 12.5. The summed E-state index contributed by atoms with van der Waals surface area (Å²) in [6, 6.07) is 0. The molecule has 0 spiro atoms. The van der Waals surface area contributed by atoms with Crippen LogP contribution in [-0.4, -0.2) is 61.7 Å². The van der Waals surface area contributed by atoms with Crippen LogP contribution in [0.2, 0.25) is 0 Å². The van der Waals surface area contributed by atoms with Crippen LogP contribution in [0.15, 0.2) is 12.7 Å². The summed E-state index contributed by atoms with van der Waals surface area (Å²) < 4.78 is 0. The minimum absolute atomic E-state index is 0.307. The van der Waals surface area contributed by atoms with E-state index in [1.54, 1.807) is 0 Å². The highest BCUT2D eigenvalue weighted by molar-refractivity contribution is 4.97. The smallest absolute Gasteiger partial charge is 0.0240 e. The summed E-state index contributed by atoms with van der Waals surface area (Å²) in [6.45, 7) is 15.3. The van der Waals surface area contributed by atoms with E-state index in [9.17, 15) is 0 Å². The van der Waals surface area contributed by atoms with Crippen molar-refractivity contribution in [2.24, 2.45) is 0 Å². The van der Waals surface area contributed by atoms with Crippen LogP contribution < -0.4 is 5.32 Å². The molecule has 106 valence electrons. The van der Waals surface area contributed by atoms with Gasteiger partial charge in [-0.05, 0) is 52.5 Å². The maximum absolute atomic E-state index is 3.93. The molecule has 1 saturated heterocycles. The first-order valence-corrected chi connectivity index (χ1v) is 7.42. The number of nitrogens with one attached hydrogen (secondary N) is 1. The Morgan fingerprint density at radius 3 is 2.39 bits per heavy atom. The molecule has 0 aromatic rings. The fraction of sp³-hybridized carbons (Fsp3) is 0.867. The summed E-state index contributed by atoms with van der Waals surface area (Å²) in [5, 5.41) is 3.82. The number of likely N-dealkylation sites (tertiary alicyclic amines) is 1. The summed E-state index contributed by atoms with van der Waals surface area (Å²) in [7, 11) is 2.22. The molecular formula is C15H31N3. The molecule has 0 bridgehead atoms. The van der Waals surface area contributed by atoms with E-state index in [0.717, 1.165) is 32.6 Å². The number of hydrogen-bond donors (Lipinski definition) is 1. The third-order valence-electron chi connectivity index (χ3n) is 4.30. The fourth-order valence-corrected chi connectivity index (χ4v) is 2.79. The van der Waals surface area contributed by atoms with E-state index in [1.807, 2.05) is 0 Å². The molecule has 0 atom stereocenters. The van der Waals surface area contributed by atoms with Gasteiger partial charge in [0.2, 0.25) is 0 Å². The molecular weight excluding hydrogens is 222 g/mol. The van der Waals surface area contributed by atoms with Gasteiger partial charge in [-0.15, -0.1) is 6.58 Å². The molecule has 0 aromatic carbocycles. The highest BCUT2D eigenvalue weighted by Gasteiger charge is 2.31. The Balaban J connectivity index is 2.40. The van der Waals surface area contributed by atoms with Crippen LogP contribution in [0.5, 0.6) is 0 Å². The quantitative estimate of drug-likeness (QED) is 0.667. The Labute approximate surface area is 113 Å². The van der Waals surface area contributed by atoms with Crippen LogP contribution >= 0.6 is 0 Å². The number of nitrogens with zero attached hydrogens (tertiary/aromatic N) is 2. The van der Waals surface area contributed by atoms with Crippen LogP contribution in [-0.2, 0) is 0 Å². The zero-order valence-electron chi connectivity index (χ0n) is 12.5. The second-order valence-corrected chi connectivity index (χ2v) is 5.53. The highest BCUT2D eigenvalue weighted by Crippen LogP contribution is 2.25. The lowest BCUT2D eigenvalue weighted by molar-refractivity contribution is 0.152. The van der Waals surface area contributed by atoms with Crippen molar-refractivity contribution in [1.29, 1.82) is 0 Å². The largest absolute Gasteiger partial charge is 0.310 e. The molecule has 3 nitrogen and oxygen atoms in total. The van der Waals surface area contributed by atoms with Gasteiger partial charge in [-0.25, -0.2) is 0 Å². The molecule has 1 N–H and O–H groups in total. The average molecular weight is 253 g/mol. The van der Waals surface area contributed by atoms with Crippen molar-refractivity contribution in [3.63, 3.8) is 0 Å². The lowest BCUT2D eigenvalue weighted by Crippen LogP contribution is -2.53. The van der Waals surface area contributed by atoms with E-state index in [-0.39, 0.29) is 0 Å². The first-order chi connectivity index (χ1) is 8.65. The topological polar surface area (TPSA) is 18.5 Å². The minimum Gasteiger partial charge on any atom is -0.310 e. The van der Waals surface area contributed by atoms with Gasteiger partial charge in [0.1, 0.15) is 0 Å². The Morgan fingerprint density at radius 2 is 1.89 bits per heavy atom. The molecule has 1 heterocycles. The number of likely N-dealkylation sites (N-methyl/N-ethyl adjacent to an activating group) is 1. The highest BCUT2D eigenvalue weighted by atomic mass is 15.2. The summed E-state index contributed by atoms with van der Waals surface area (Å²) in [6.07, 6.45) is 5.66. The number of piperidine rings is 1. The van der Waals surface area contributed by atoms with Crippen LogP contribution in [0.1, 0.15) is 33.1 Å². The van der Waals surface area contributed by atoms with E-state index >= 15 is 0 Å². The molecule has 0 unspecified atom stereocenters. The summed E-state index contributed by atoms with van der Waals surface area (Å²) >= 11 is 0. The lowest BCUT2D eigenvalue weighted by Gasteiger charge is -2.41. The van der Waals surface area contributed by atoms with Crippen molar-refractivity contribution >= 4 is 0 Å². The molecule has 18 heavy (non-hydrogen) atoms. The molecule has 3 heteroatoms. The molecule has 1 aliphatic heterocycles. The first kappa shape index (κ1) is 15.7. The first-order valence-electron chi connectivity index (χ1n) is 7.42. The van der Waals surface area contributed by atoms with Gasteiger partial charge in [-0.2, -0.15) is 0 Å². The van der Waals surface area contributed by atoms with E-state index in [1.165, 1.54) is 25.9 Å². The van der Waals surface area contributed by atoms with Gasteiger partial charge < -0.3 is 15.1 Å². The standard InChI is InChI=1S/C15H31N3/c1-5-8-15(9-12-17(4)13-10-15)16-11-14-18(6-2)7-3/h5,16H,1,6-14H2,2-4H3. The van der Waals surface area contributed by atoms with Crippen molar-refractivity contribution in [1.82, 2.24) is 15.1 Å². The molecule has 0 amide bonds. The Hall–Kier alpha value is -0.380. The number of rotatable bonds is 8. The predicted octanol–water partition coefficient (Wildman–Crippen LogP) is 1.96. The second-order valence-electron chi connectivity index (χ2n) is 5.53. The summed E-state index contributed by atoms with van der Waals surface area (Å²) in [5.41, 5.74) is 0.307. The monoisotopic (exact) mass is 253 g/mol. The van der Waals surface area contributed by atoms with E-state index in [2.05, 4.69) is 48.7 Å². The molecule has 0 radical (unpaired) electrons. The second kappa shape index (κ2) is 7.93. The lowest BCUT2D eigenvalue weighted by atomic mass is 9.84. The van der Waals surface area contributed by atoms with Gasteiger partial charge >= 0.3 is 0 Å². The van der Waals surface area contributed by atoms with Crippen molar-refractivity contribution in [2.75, 3.05) is 46.3 Å². The SMILES string of the molecule is C=CCC1(NCCN(CC)CC)CCN(C)CC1. The maximum Gasteiger partial charge on any atom is 0.0240 e. The average Bonchev–Trinajstić information content (AvgIpc) is 2.39. The Kier molecular flexibility index (Phi) is 6.90. The van der Waals surface area contributed by atoms with Gasteiger partial charge in [0.15, 0.2) is 0 Å². The predicted molar refractivity (Wildman–Crippen MR) is 80.1 cm³/mol. The normalized spacial score (nSPS) is 20.2. The van der Waals surface area contributed by atoms with E-state index in [0.29, 0.717) is 5.54 Å². The fourth-order valence-electron chi connectivity index (χ4n) is 2.79. The van der Waals surface area contributed by atoms with Crippen LogP contribution in [0.25, 0.3) is 0 Å². The van der Waals surface area contributed by atoms with Crippen molar-refractivity contribution in [3.8, 4) is 0 Å². The van der Waals surface area contributed by atoms with Gasteiger partial charge in [-0.1, -0.05) is 19.9 Å². The Morgan fingerprint density at radius 1 is 1.28 bits per heavy atom. The van der Waals surface area contributed by atoms with Gasteiger partial charge in [0.05, 0.1) is 0 Å².